The monoisotopic (exact) mass is 450 g/mol. The van der Waals surface area contributed by atoms with E-state index in [1.807, 2.05) is 85.8 Å². The molecule has 1 saturated heterocycles. The van der Waals surface area contributed by atoms with Gasteiger partial charge < -0.3 is 10.4 Å². The zero-order valence-corrected chi connectivity index (χ0v) is 19.2. The zero-order chi connectivity index (χ0) is 21.7. The van der Waals surface area contributed by atoms with E-state index < -0.39 is 5.41 Å². The van der Waals surface area contributed by atoms with Crippen molar-refractivity contribution in [2.24, 2.45) is 0 Å². The van der Waals surface area contributed by atoms with Crippen molar-refractivity contribution >= 4 is 18.3 Å². The van der Waals surface area contributed by atoms with Crippen molar-refractivity contribution in [2.75, 3.05) is 19.6 Å². The molecule has 32 heavy (non-hydrogen) atoms. The molecule has 5 heteroatoms. The van der Waals surface area contributed by atoms with E-state index in [0.29, 0.717) is 13.1 Å². The number of likely N-dealkylation sites (tertiary alicyclic amines) is 1. The number of nitrogens with one attached hydrogen (secondary N) is 1. The molecule has 2 N–H and O–H groups in total. The molecule has 1 aliphatic rings. The topological polar surface area (TPSA) is 52.6 Å². The molecule has 0 spiro atoms. The van der Waals surface area contributed by atoms with Crippen molar-refractivity contribution in [3.8, 4) is 0 Å². The Balaban J connectivity index is 0.00000289. The molecule has 168 valence electrons. The fourth-order valence-electron chi connectivity index (χ4n) is 4.43. The van der Waals surface area contributed by atoms with Crippen LogP contribution >= 0.6 is 12.4 Å². The summed E-state index contributed by atoms with van der Waals surface area (Å²) in [7, 11) is 0. The predicted octanol–water partition coefficient (Wildman–Crippen LogP) is 4.34. The van der Waals surface area contributed by atoms with Crippen LogP contribution in [0.4, 0.5) is 0 Å². The largest absolute Gasteiger partial charge is 0.392 e. The average molecular weight is 451 g/mol. The Hall–Kier alpha value is -2.66. The van der Waals surface area contributed by atoms with Gasteiger partial charge in [-0.15, -0.1) is 12.4 Å². The maximum Gasteiger partial charge on any atom is 0.235 e. The summed E-state index contributed by atoms with van der Waals surface area (Å²) in [5.41, 5.74) is 2.17. The number of hydrogen-bond donors (Lipinski definition) is 2. The number of halogens is 1. The van der Waals surface area contributed by atoms with E-state index >= 15 is 0 Å². The van der Waals surface area contributed by atoms with Crippen molar-refractivity contribution in [2.45, 2.75) is 30.9 Å². The lowest BCUT2D eigenvalue weighted by Crippen LogP contribution is -2.47. The molecule has 3 aromatic carbocycles. The number of aliphatic hydroxyl groups excluding tert-OH is 1. The lowest BCUT2D eigenvalue weighted by Gasteiger charge is -2.33. The molecule has 1 fully saturated rings. The third kappa shape index (κ3) is 5.21. The van der Waals surface area contributed by atoms with Crippen LogP contribution in [0.2, 0.25) is 0 Å². The number of rotatable bonds is 7. The Morgan fingerprint density at radius 1 is 0.969 bits per heavy atom. The van der Waals surface area contributed by atoms with Gasteiger partial charge in [-0.3, -0.25) is 9.69 Å². The summed E-state index contributed by atoms with van der Waals surface area (Å²) in [6.45, 7) is 4.16. The summed E-state index contributed by atoms with van der Waals surface area (Å²) < 4.78 is 0. The number of benzene rings is 3. The Kier molecular flexibility index (Phi) is 8.08. The quantitative estimate of drug-likeness (QED) is 0.563. The standard InChI is InChI=1S/C27H30N2O2.ClH/c1-27(22-13-7-3-8-14-22,23-15-9-4-10-16-23)26(31)28-25(21-11-5-2-6-12-21)20-29-18-17-24(30)19-29;/h2-16,24-25,30H,17-20H2,1H3,(H,28,31);1H/t24-,25+;/m0./s1. The van der Waals surface area contributed by atoms with Crippen LogP contribution in [0.3, 0.4) is 0 Å². The Morgan fingerprint density at radius 3 is 1.94 bits per heavy atom. The van der Waals surface area contributed by atoms with Crippen LogP contribution < -0.4 is 5.32 Å². The highest BCUT2D eigenvalue weighted by molar-refractivity contribution is 5.92. The minimum Gasteiger partial charge on any atom is -0.392 e. The van der Waals surface area contributed by atoms with Crippen LogP contribution in [0.1, 0.15) is 36.1 Å². The van der Waals surface area contributed by atoms with Gasteiger partial charge in [-0.1, -0.05) is 91.0 Å². The SMILES string of the molecule is CC(C(=O)N[C@H](CN1CC[C@H](O)C1)c1ccccc1)(c1ccccc1)c1ccccc1.Cl. The molecular formula is C27H31ClN2O2. The van der Waals surface area contributed by atoms with Gasteiger partial charge in [0.05, 0.1) is 17.6 Å². The molecule has 2 atom stereocenters. The molecule has 4 nitrogen and oxygen atoms in total. The molecule has 0 saturated carbocycles. The fraction of sp³-hybridized carbons (Fsp3) is 0.296. The van der Waals surface area contributed by atoms with Gasteiger partial charge in [0.2, 0.25) is 5.91 Å². The zero-order valence-electron chi connectivity index (χ0n) is 18.4. The van der Waals surface area contributed by atoms with E-state index in [4.69, 9.17) is 0 Å². The van der Waals surface area contributed by atoms with E-state index in [1.54, 1.807) is 0 Å². The normalized spacial score (nSPS) is 17.4. The van der Waals surface area contributed by atoms with Crippen LogP contribution in [0.5, 0.6) is 0 Å². The lowest BCUT2D eigenvalue weighted by molar-refractivity contribution is -0.125. The number of amides is 1. The molecule has 1 heterocycles. The fourth-order valence-corrected chi connectivity index (χ4v) is 4.43. The smallest absolute Gasteiger partial charge is 0.235 e. The third-order valence-corrected chi connectivity index (χ3v) is 6.35. The van der Waals surface area contributed by atoms with Gasteiger partial charge >= 0.3 is 0 Å². The minimum absolute atomic E-state index is 0. The molecular weight excluding hydrogens is 420 g/mol. The molecule has 4 rings (SSSR count). The molecule has 0 bridgehead atoms. The second kappa shape index (κ2) is 10.8. The summed E-state index contributed by atoms with van der Waals surface area (Å²) in [4.78, 5) is 16.1. The van der Waals surface area contributed by atoms with E-state index in [1.165, 1.54) is 0 Å². The second-order valence-corrected chi connectivity index (χ2v) is 8.50. The van der Waals surface area contributed by atoms with Gasteiger partial charge in [-0.2, -0.15) is 0 Å². The van der Waals surface area contributed by atoms with Crippen LogP contribution in [0, 0.1) is 0 Å². The molecule has 0 aliphatic carbocycles. The van der Waals surface area contributed by atoms with E-state index in [0.717, 1.165) is 29.7 Å². The van der Waals surface area contributed by atoms with Gasteiger partial charge in [0, 0.05) is 19.6 Å². The maximum atomic E-state index is 13.9. The van der Waals surface area contributed by atoms with Crippen molar-refractivity contribution in [1.82, 2.24) is 10.2 Å². The van der Waals surface area contributed by atoms with Gasteiger partial charge in [0.15, 0.2) is 0 Å². The maximum absolute atomic E-state index is 13.9. The van der Waals surface area contributed by atoms with Crippen LogP contribution in [-0.2, 0) is 10.2 Å². The highest BCUT2D eigenvalue weighted by Gasteiger charge is 2.38. The van der Waals surface area contributed by atoms with Crippen molar-refractivity contribution in [1.29, 1.82) is 0 Å². The van der Waals surface area contributed by atoms with Gasteiger partial charge in [0.25, 0.3) is 0 Å². The molecule has 3 aromatic rings. The molecule has 1 aliphatic heterocycles. The number of hydrogen-bond acceptors (Lipinski definition) is 3. The molecule has 0 aromatic heterocycles. The van der Waals surface area contributed by atoms with Crippen molar-refractivity contribution in [3.63, 3.8) is 0 Å². The van der Waals surface area contributed by atoms with Crippen molar-refractivity contribution < 1.29 is 9.90 Å². The highest BCUT2D eigenvalue weighted by Crippen LogP contribution is 2.33. The summed E-state index contributed by atoms with van der Waals surface area (Å²) in [6, 6.07) is 29.8. The van der Waals surface area contributed by atoms with Crippen LogP contribution in [0.25, 0.3) is 0 Å². The first-order valence-electron chi connectivity index (χ1n) is 10.9. The minimum atomic E-state index is -0.819. The first-order chi connectivity index (χ1) is 15.1. The number of carbonyl (C=O) groups excluding carboxylic acids is 1. The van der Waals surface area contributed by atoms with Crippen molar-refractivity contribution in [3.05, 3.63) is 108 Å². The number of nitrogens with zero attached hydrogens (tertiary/aromatic N) is 1. The van der Waals surface area contributed by atoms with Crippen LogP contribution in [0.15, 0.2) is 91.0 Å². The van der Waals surface area contributed by atoms with Gasteiger partial charge in [0.1, 0.15) is 0 Å². The van der Waals surface area contributed by atoms with E-state index in [2.05, 4.69) is 22.3 Å². The Morgan fingerprint density at radius 2 is 1.47 bits per heavy atom. The third-order valence-electron chi connectivity index (χ3n) is 6.35. The Bertz CT molecular complexity index is 943. The van der Waals surface area contributed by atoms with Crippen LogP contribution in [-0.4, -0.2) is 41.7 Å². The summed E-state index contributed by atoms with van der Waals surface area (Å²) >= 11 is 0. The summed E-state index contributed by atoms with van der Waals surface area (Å²) in [5, 5.41) is 13.3. The van der Waals surface area contributed by atoms with Gasteiger partial charge in [-0.05, 0) is 30.0 Å². The number of β-amino-alcohol motifs (C(OH)–C–C–N with tert-alkyl or cyclic N) is 1. The predicted molar refractivity (Wildman–Crippen MR) is 131 cm³/mol. The average Bonchev–Trinajstić information content (AvgIpc) is 3.24. The lowest BCUT2D eigenvalue weighted by atomic mass is 9.75. The molecule has 0 unspecified atom stereocenters. The number of carbonyl (C=O) groups is 1. The summed E-state index contributed by atoms with van der Waals surface area (Å²) in [6.07, 6.45) is 0.493. The number of aliphatic hydroxyl groups is 1. The van der Waals surface area contributed by atoms with Gasteiger partial charge in [-0.25, -0.2) is 0 Å². The first-order valence-corrected chi connectivity index (χ1v) is 10.9. The second-order valence-electron chi connectivity index (χ2n) is 8.50. The first kappa shape index (κ1) is 24.0. The molecule has 1 amide bonds. The molecule has 0 radical (unpaired) electrons. The van der Waals surface area contributed by atoms with E-state index in [-0.39, 0.29) is 30.5 Å². The Labute approximate surface area is 196 Å². The van der Waals surface area contributed by atoms with E-state index in [9.17, 15) is 9.90 Å². The highest BCUT2D eigenvalue weighted by atomic mass is 35.5. The summed E-state index contributed by atoms with van der Waals surface area (Å²) in [5.74, 6) is -0.0292.